The number of ether oxygens (including phenoxy) is 1. The number of imidazole rings is 1. The lowest BCUT2D eigenvalue weighted by Gasteiger charge is -2.08. The van der Waals surface area contributed by atoms with E-state index in [-0.39, 0.29) is 12.3 Å². The summed E-state index contributed by atoms with van der Waals surface area (Å²) in [5.74, 6) is 0.505. The van der Waals surface area contributed by atoms with Crippen LogP contribution in [0.2, 0.25) is 0 Å². The van der Waals surface area contributed by atoms with Gasteiger partial charge < -0.3 is 9.72 Å². The topological polar surface area (TPSA) is 70.8 Å². The van der Waals surface area contributed by atoms with Crippen molar-refractivity contribution in [2.45, 2.75) is 0 Å². The molecule has 0 bridgehead atoms. The standard InChI is InChI=1S/C11H9N3O2/c12-5-8-16-10-4-2-1-3-9(10)14-7-6-13-11(14)15/h1-4,6-7H,8H2,(H,13,15). The third-order valence-electron chi connectivity index (χ3n) is 2.07. The maximum Gasteiger partial charge on any atom is 0.330 e. The van der Waals surface area contributed by atoms with Gasteiger partial charge in [-0.1, -0.05) is 12.1 Å². The van der Waals surface area contributed by atoms with E-state index in [1.54, 1.807) is 36.7 Å². The molecule has 1 aromatic heterocycles. The summed E-state index contributed by atoms with van der Waals surface area (Å²) in [5.41, 5.74) is 0.372. The fourth-order valence-electron chi connectivity index (χ4n) is 1.40. The van der Waals surface area contributed by atoms with Gasteiger partial charge in [0.2, 0.25) is 0 Å². The van der Waals surface area contributed by atoms with Crippen LogP contribution in [0.5, 0.6) is 5.75 Å². The van der Waals surface area contributed by atoms with E-state index in [0.717, 1.165) is 0 Å². The second-order valence-corrected chi connectivity index (χ2v) is 3.05. The van der Waals surface area contributed by atoms with Crippen LogP contribution in [0.15, 0.2) is 41.5 Å². The molecule has 2 rings (SSSR count). The van der Waals surface area contributed by atoms with Gasteiger partial charge in [-0.05, 0) is 12.1 Å². The number of para-hydroxylation sites is 2. The number of rotatable bonds is 3. The Hall–Kier alpha value is -2.48. The van der Waals surface area contributed by atoms with Crippen LogP contribution in [-0.4, -0.2) is 16.2 Å². The second kappa shape index (κ2) is 4.36. The molecule has 2 aromatic rings. The van der Waals surface area contributed by atoms with Crippen molar-refractivity contribution in [1.29, 1.82) is 5.26 Å². The fraction of sp³-hybridized carbons (Fsp3) is 0.0909. The number of aromatic amines is 1. The lowest BCUT2D eigenvalue weighted by atomic mass is 10.3. The van der Waals surface area contributed by atoms with Crippen molar-refractivity contribution >= 4 is 0 Å². The number of nitrogens with zero attached hydrogens (tertiary/aromatic N) is 2. The predicted octanol–water partition coefficient (Wildman–Crippen LogP) is 1.07. The first-order chi connectivity index (χ1) is 7.83. The summed E-state index contributed by atoms with van der Waals surface area (Å²) in [6.07, 6.45) is 3.15. The molecule has 0 fully saturated rings. The number of hydrogen-bond donors (Lipinski definition) is 1. The van der Waals surface area contributed by atoms with Gasteiger partial charge in [-0.3, -0.25) is 4.57 Å². The van der Waals surface area contributed by atoms with Crippen LogP contribution in [-0.2, 0) is 0 Å². The average molecular weight is 215 g/mol. The fourth-order valence-corrected chi connectivity index (χ4v) is 1.40. The predicted molar refractivity (Wildman–Crippen MR) is 57.5 cm³/mol. The van der Waals surface area contributed by atoms with E-state index in [1.807, 2.05) is 6.07 Å². The molecular formula is C11H9N3O2. The van der Waals surface area contributed by atoms with E-state index < -0.39 is 0 Å². The highest BCUT2D eigenvalue weighted by Gasteiger charge is 2.06. The Kier molecular flexibility index (Phi) is 2.74. The molecule has 0 amide bonds. The van der Waals surface area contributed by atoms with Crippen molar-refractivity contribution in [1.82, 2.24) is 9.55 Å². The highest BCUT2D eigenvalue weighted by Crippen LogP contribution is 2.20. The normalized spacial score (nSPS) is 9.69. The molecule has 1 heterocycles. The first kappa shape index (κ1) is 10.1. The van der Waals surface area contributed by atoms with Crippen molar-refractivity contribution < 1.29 is 4.74 Å². The third-order valence-corrected chi connectivity index (χ3v) is 2.07. The van der Waals surface area contributed by atoms with E-state index >= 15 is 0 Å². The molecule has 5 heteroatoms. The van der Waals surface area contributed by atoms with Gasteiger partial charge >= 0.3 is 5.69 Å². The summed E-state index contributed by atoms with van der Waals surface area (Å²) in [5, 5.41) is 8.45. The van der Waals surface area contributed by atoms with Crippen LogP contribution < -0.4 is 10.4 Å². The minimum absolute atomic E-state index is 0.0454. The van der Waals surface area contributed by atoms with Crippen molar-refractivity contribution in [2.75, 3.05) is 6.61 Å². The van der Waals surface area contributed by atoms with Gasteiger partial charge in [-0.25, -0.2) is 4.79 Å². The Balaban J connectivity index is 2.45. The summed E-state index contributed by atoms with van der Waals surface area (Å²) in [4.78, 5) is 14.0. The molecule has 0 aliphatic heterocycles. The van der Waals surface area contributed by atoms with Crippen LogP contribution >= 0.6 is 0 Å². The summed E-state index contributed by atoms with van der Waals surface area (Å²) < 4.78 is 6.65. The van der Waals surface area contributed by atoms with Gasteiger partial charge in [-0.2, -0.15) is 5.26 Å². The Morgan fingerprint density at radius 3 is 2.94 bits per heavy atom. The zero-order chi connectivity index (χ0) is 11.4. The number of H-pyrrole nitrogens is 1. The number of hydrogen-bond acceptors (Lipinski definition) is 3. The highest BCUT2D eigenvalue weighted by atomic mass is 16.5. The number of benzene rings is 1. The minimum atomic E-state index is -0.243. The average Bonchev–Trinajstić information content (AvgIpc) is 2.73. The van der Waals surface area contributed by atoms with Crippen molar-refractivity contribution in [3.8, 4) is 17.5 Å². The van der Waals surface area contributed by atoms with Crippen LogP contribution in [0.4, 0.5) is 0 Å². The molecule has 0 saturated carbocycles. The van der Waals surface area contributed by atoms with Gasteiger partial charge in [0.05, 0.1) is 5.69 Å². The molecule has 5 nitrogen and oxygen atoms in total. The van der Waals surface area contributed by atoms with Crippen LogP contribution in [0.3, 0.4) is 0 Å². The minimum Gasteiger partial charge on any atom is -0.477 e. The monoisotopic (exact) mass is 215 g/mol. The quantitative estimate of drug-likeness (QED) is 0.832. The van der Waals surface area contributed by atoms with Crippen molar-refractivity contribution in [2.24, 2.45) is 0 Å². The molecule has 80 valence electrons. The molecule has 1 N–H and O–H groups in total. The number of nitrogens with one attached hydrogen (secondary N) is 1. The number of aromatic nitrogens is 2. The summed E-state index contributed by atoms with van der Waals surface area (Å²) in [6, 6.07) is 8.94. The van der Waals surface area contributed by atoms with Gasteiger partial charge in [-0.15, -0.1) is 0 Å². The van der Waals surface area contributed by atoms with E-state index in [2.05, 4.69) is 4.98 Å². The molecule has 0 saturated heterocycles. The molecule has 1 aromatic carbocycles. The maximum absolute atomic E-state index is 11.4. The van der Waals surface area contributed by atoms with E-state index in [4.69, 9.17) is 10.00 Å². The zero-order valence-electron chi connectivity index (χ0n) is 8.38. The van der Waals surface area contributed by atoms with Crippen LogP contribution in [0.1, 0.15) is 0 Å². The zero-order valence-corrected chi connectivity index (χ0v) is 8.38. The van der Waals surface area contributed by atoms with E-state index in [1.165, 1.54) is 4.57 Å². The largest absolute Gasteiger partial charge is 0.477 e. The van der Waals surface area contributed by atoms with Gasteiger partial charge in [0.25, 0.3) is 0 Å². The smallest absolute Gasteiger partial charge is 0.330 e. The molecule has 16 heavy (non-hydrogen) atoms. The van der Waals surface area contributed by atoms with Gasteiger partial charge in [0, 0.05) is 12.4 Å². The molecular weight excluding hydrogens is 206 g/mol. The van der Waals surface area contributed by atoms with Gasteiger partial charge in [0.15, 0.2) is 6.61 Å². The van der Waals surface area contributed by atoms with E-state index in [0.29, 0.717) is 11.4 Å². The molecule has 0 radical (unpaired) electrons. The molecule has 0 spiro atoms. The summed E-state index contributed by atoms with van der Waals surface area (Å²) >= 11 is 0. The Labute approximate surface area is 91.5 Å². The van der Waals surface area contributed by atoms with Crippen LogP contribution in [0, 0.1) is 11.3 Å². The highest BCUT2D eigenvalue weighted by molar-refractivity contribution is 5.46. The summed E-state index contributed by atoms with van der Waals surface area (Å²) in [7, 11) is 0. The van der Waals surface area contributed by atoms with Crippen molar-refractivity contribution in [3.05, 3.63) is 47.1 Å². The first-order valence-corrected chi connectivity index (χ1v) is 4.68. The Morgan fingerprint density at radius 1 is 1.44 bits per heavy atom. The molecule has 0 aliphatic carbocycles. The third kappa shape index (κ3) is 1.81. The SMILES string of the molecule is N#CCOc1ccccc1-n1cc[nH]c1=O. The lowest BCUT2D eigenvalue weighted by Crippen LogP contribution is -2.15. The number of nitriles is 1. The first-order valence-electron chi connectivity index (χ1n) is 4.68. The second-order valence-electron chi connectivity index (χ2n) is 3.05. The van der Waals surface area contributed by atoms with Gasteiger partial charge in [0.1, 0.15) is 11.8 Å². The Bertz CT molecular complexity index is 577. The molecule has 0 atom stereocenters. The molecule has 0 unspecified atom stereocenters. The van der Waals surface area contributed by atoms with Crippen LogP contribution in [0.25, 0.3) is 5.69 Å². The lowest BCUT2D eigenvalue weighted by molar-refractivity contribution is 0.366. The van der Waals surface area contributed by atoms with Crippen molar-refractivity contribution in [3.63, 3.8) is 0 Å². The maximum atomic E-state index is 11.4. The Morgan fingerprint density at radius 2 is 2.25 bits per heavy atom. The summed E-state index contributed by atoms with van der Waals surface area (Å²) in [6.45, 7) is -0.0454. The molecule has 0 aliphatic rings. The van der Waals surface area contributed by atoms with E-state index in [9.17, 15) is 4.79 Å².